The van der Waals surface area contributed by atoms with Crippen LogP contribution in [-0.2, 0) is 55.6 Å². The summed E-state index contributed by atoms with van der Waals surface area (Å²) in [7, 11) is -3.37. The number of hydrogen-bond acceptors (Lipinski definition) is 10. The molecule has 1 amide bonds. The number of aromatic amines is 1. The Morgan fingerprint density at radius 3 is 1.52 bits per heavy atom. The quantitative estimate of drug-likeness (QED) is 0.0502. The van der Waals surface area contributed by atoms with Crippen molar-refractivity contribution in [3.63, 3.8) is 0 Å². The van der Waals surface area contributed by atoms with Gasteiger partial charge < -0.3 is 28.7 Å². The van der Waals surface area contributed by atoms with E-state index in [-0.39, 0.29) is 34.0 Å². The van der Waals surface area contributed by atoms with Gasteiger partial charge in [0.25, 0.3) is 0 Å². The molecule has 6 heterocycles. The monoisotopic (exact) mass is 948 g/mol. The van der Waals surface area contributed by atoms with Crippen LogP contribution in [0.2, 0.25) is 36.3 Å². The van der Waals surface area contributed by atoms with E-state index in [1.54, 1.807) is 32.4 Å². The third kappa shape index (κ3) is 16.2. The first-order valence-corrected chi connectivity index (χ1v) is 29.0. The number of Topliss-reactive ketones (excluding diaryl/α,β-unsaturated/α-hetero) is 2. The van der Waals surface area contributed by atoms with Crippen LogP contribution in [0.1, 0.15) is 97.8 Å². The van der Waals surface area contributed by atoms with E-state index in [1.807, 2.05) is 48.8 Å². The van der Waals surface area contributed by atoms with Gasteiger partial charge in [-0.25, -0.2) is 15.0 Å². The number of hydrogen-bond donors (Lipinski definition) is 2. The molecule has 0 saturated heterocycles. The summed E-state index contributed by atoms with van der Waals surface area (Å²) in [5, 5.41) is 21.1. The Kier molecular flexibility index (Phi) is 21.0. The maximum Gasteiger partial charge on any atom is 0.221 e. The smallest absolute Gasteiger partial charge is 0.221 e. The molecule has 0 atom stereocenters. The van der Waals surface area contributed by atoms with Crippen LogP contribution in [-0.4, -0.2) is 76.4 Å². The van der Waals surface area contributed by atoms with E-state index in [4.69, 9.17) is 25.1 Å². The molecule has 3 N–H and O–H groups in total. The zero-order valence-corrected chi connectivity index (χ0v) is 44.0. The number of pyridine rings is 3. The molecule has 67 heavy (non-hydrogen) atoms. The second kappa shape index (κ2) is 25.4. The topological polar surface area (TPSA) is 208 Å². The largest absolute Gasteiger partial charge is 0.417 e. The highest BCUT2D eigenvalue weighted by atomic mass is 28.4. The number of nitrogens with zero attached hydrogens (tertiary/aromatic N) is 7. The summed E-state index contributed by atoms with van der Waals surface area (Å²) in [5.74, 6) is -0.834. The van der Waals surface area contributed by atoms with Crippen LogP contribution in [0, 0.1) is 22.7 Å². The molecule has 0 spiro atoms. The van der Waals surface area contributed by atoms with E-state index in [2.05, 4.69) is 115 Å². The summed E-state index contributed by atoms with van der Waals surface area (Å²) < 4.78 is 16.7. The maximum absolute atomic E-state index is 11.3. The van der Waals surface area contributed by atoms with Crippen LogP contribution >= 0.6 is 0 Å². The second-order valence-electron chi connectivity index (χ2n) is 19.4. The van der Waals surface area contributed by atoms with Crippen molar-refractivity contribution in [2.75, 3.05) is 13.2 Å². The summed E-state index contributed by atoms with van der Waals surface area (Å²) in [6, 6.07) is 16.0. The van der Waals surface area contributed by atoms with Gasteiger partial charge >= 0.3 is 0 Å². The molecular weight excluding hydrogens is 875 g/mol. The molecule has 0 bridgehead atoms. The average Bonchev–Trinajstić information content (AvgIpc) is 3.96. The number of nitriles is 2. The zero-order chi connectivity index (χ0) is 50.0. The molecule has 360 valence electrons. The Morgan fingerprint density at radius 2 is 1.09 bits per heavy atom. The van der Waals surface area contributed by atoms with Crippen molar-refractivity contribution in [2.45, 2.75) is 150 Å². The lowest BCUT2D eigenvalue weighted by Crippen LogP contribution is -2.41. The van der Waals surface area contributed by atoms with E-state index >= 15 is 0 Å². The highest BCUT2D eigenvalue weighted by molar-refractivity contribution is 6.74. The van der Waals surface area contributed by atoms with Gasteiger partial charge in [-0.15, -0.1) is 0 Å². The minimum absolute atomic E-state index is 0.226. The summed E-state index contributed by atoms with van der Waals surface area (Å²) in [5.41, 5.74) is 11.1. The number of amides is 1. The number of aryl methyl sites for hydroxylation is 2. The third-order valence-corrected chi connectivity index (χ3v) is 21.5. The van der Waals surface area contributed by atoms with Crippen LogP contribution in [0.5, 0.6) is 0 Å². The predicted molar refractivity (Wildman–Crippen MR) is 273 cm³/mol. The number of nitrogens with one attached hydrogen (secondary N) is 1. The summed E-state index contributed by atoms with van der Waals surface area (Å²) in [6.45, 7) is 29.2. The first kappa shape index (κ1) is 55.5. The van der Waals surface area contributed by atoms with E-state index in [1.165, 1.54) is 0 Å². The fourth-order valence-electron chi connectivity index (χ4n) is 6.48. The van der Waals surface area contributed by atoms with Crippen LogP contribution in [0.25, 0.3) is 33.1 Å². The van der Waals surface area contributed by atoms with Gasteiger partial charge in [-0.1, -0.05) is 55.4 Å². The van der Waals surface area contributed by atoms with Crippen molar-refractivity contribution in [2.24, 2.45) is 5.73 Å². The third-order valence-electron chi connectivity index (χ3n) is 12.5. The van der Waals surface area contributed by atoms with Crippen LogP contribution in [0.3, 0.4) is 0 Å². The molecule has 6 aromatic rings. The number of nitrogens with two attached hydrogens (primary N) is 1. The fraction of sp³-hybridized carbons (Fsp3) is 0.490. The SMILES string of the molecule is CC(C)(C)[Si](C)(C)OCCCn1cc(CC#N)c2cccnc21.CC(C)(C)[Si](C)(C)OCCCn1cc(CC(N)=O)c2cccnc21.CCC(=O)C(=O)CC.N#CCc1c[nH]c2ncccc12. The second-order valence-corrected chi connectivity index (χ2v) is 29.1. The molecule has 0 saturated carbocycles. The van der Waals surface area contributed by atoms with Crippen molar-refractivity contribution in [3.8, 4) is 12.1 Å². The normalized spacial score (nSPS) is 11.7. The van der Waals surface area contributed by atoms with E-state index in [9.17, 15) is 14.4 Å². The summed E-state index contributed by atoms with van der Waals surface area (Å²) in [4.78, 5) is 48.1. The van der Waals surface area contributed by atoms with Crippen LogP contribution in [0.15, 0.2) is 73.6 Å². The van der Waals surface area contributed by atoms with Crippen molar-refractivity contribution < 1.29 is 23.2 Å². The van der Waals surface area contributed by atoms with Crippen LogP contribution < -0.4 is 5.73 Å². The lowest BCUT2D eigenvalue weighted by atomic mass is 10.1. The molecule has 0 aromatic carbocycles. The summed E-state index contributed by atoms with van der Waals surface area (Å²) in [6.07, 6.45) is 14.9. The Bertz CT molecular complexity index is 2620. The average molecular weight is 948 g/mol. The Hall–Kier alpha value is -5.79. The highest BCUT2D eigenvalue weighted by Crippen LogP contribution is 2.37. The molecule has 0 aliphatic carbocycles. The minimum atomic E-state index is -1.70. The van der Waals surface area contributed by atoms with Gasteiger partial charge in [-0.2, -0.15) is 10.5 Å². The number of H-pyrrole nitrogens is 1. The predicted octanol–water partition coefficient (Wildman–Crippen LogP) is 10.6. The number of carbonyl (C=O) groups excluding carboxylic acids is 3. The molecular formula is C51H73N9O5Si2. The van der Waals surface area contributed by atoms with Gasteiger partial charge in [0.2, 0.25) is 5.91 Å². The molecule has 0 unspecified atom stereocenters. The van der Waals surface area contributed by atoms with Crippen molar-refractivity contribution in [1.29, 1.82) is 10.5 Å². The molecule has 6 rings (SSSR count). The molecule has 0 fully saturated rings. The Labute approximate surface area is 399 Å². The van der Waals surface area contributed by atoms with E-state index < -0.39 is 16.6 Å². The number of ketones is 2. The standard InChI is InChI=1S/C18H29N3O2Si.C18H27N3OSi.C9H7N3.C6H10O2/c1-18(2,3)24(4,5)23-11-7-10-21-13-14(12-16(19)22)15-8-6-9-20-17(15)21;1-18(2,3)23(4,5)22-13-7-12-21-14-15(9-10-19)16-8-6-11-20-17(16)21;10-4-3-7-6-12-9-8(7)2-1-5-11-9;1-3-5(7)6(8)4-2/h6,8-9,13H,7,10-12H2,1-5H3,(H2,19,22);6,8,11,14H,7,9,12-13H2,1-5H3;1-2,5-6H,3H2,(H,11,12);3-4H2,1-2H3. The molecule has 0 aliphatic rings. The zero-order valence-electron chi connectivity index (χ0n) is 42.0. The van der Waals surface area contributed by atoms with Crippen molar-refractivity contribution in [3.05, 3.63) is 90.3 Å². The van der Waals surface area contributed by atoms with Gasteiger partial charge in [0, 0.05) is 92.5 Å². The van der Waals surface area contributed by atoms with Crippen LogP contribution in [0.4, 0.5) is 0 Å². The maximum atomic E-state index is 11.3. The van der Waals surface area contributed by atoms with Gasteiger partial charge in [0.1, 0.15) is 16.9 Å². The number of aromatic nitrogens is 6. The first-order chi connectivity index (χ1) is 31.5. The van der Waals surface area contributed by atoms with E-state index in [0.29, 0.717) is 25.7 Å². The van der Waals surface area contributed by atoms with Crippen molar-refractivity contribution in [1.82, 2.24) is 29.1 Å². The number of carbonyl (C=O) groups is 3. The first-order valence-electron chi connectivity index (χ1n) is 23.1. The molecule has 0 aliphatic heterocycles. The Balaban J connectivity index is 0.000000256. The fourth-order valence-corrected chi connectivity index (χ4v) is 8.66. The lowest BCUT2D eigenvalue weighted by Gasteiger charge is -2.36. The number of fused-ring (bicyclic) bond motifs is 3. The van der Waals surface area contributed by atoms with Gasteiger partial charge in [-0.05, 0) is 102 Å². The molecule has 6 aromatic heterocycles. The number of primary amides is 1. The Morgan fingerprint density at radius 1 is 0.672 bits per heavy atom. The van der Waals surface area contributed by atoms with Gasteiger partial charge in [0.15, 0.2) is 28.2 Å². The minimum Gasteiger partial charge on any atom is -0.417 e. The van der Waals surface area contributed by atoms with E-state index in [0.717, 1.165) is 88.9 Å². The molecule has 16 heteroatoms. The molecule has 0 radical (unpaired) electrons. The van der Waals surface area contributed by atoms with Gasteiger partial charge in [0.05, 0.1) is 31.4 Å². The molecule has 14 nitrogen and oxygen atoms in total. The van der Waals surface area contributed by atoms with Crippen molar-refractivity contribution >= 4 is 67.2 Å². The highest BCUT2D eigenvalue weighted by Gasteiger charge is 2.37. The number of rotatable bonds is 17. The summed E-state index contributed by atoms with van der Waals surface area (Å²) >= 11 is 0. The lowest BCUT2D eigenvalue weighted by molar-refractivity contribution is -0.136. The van der Waals surface area contributed by atoms with Gasteiger partial charge in [-0.3, -0.25) is 14.4 Å².